The van der Waals surface area contributed by atoms with Crippen molar-refractivity contribution < 1.29 is 22.3 Å². The van der Waals surface area contributed by atoms with E-state index in [1.807, 2.05) is 11.5 Å². The van der Waals surface area contributed by atoms with Crippen molar-refractivity contribution in [3.05, 3.63) is 115 Å². The molecule has 0 N–H and O–H groups in total. The number of thioether (sulfide) groups is 1. The lowest BCUT2D eigenvalue weighted by atomic mass is 10.1. The van der Waals surface area contributed by atoms with Crippen LogP contribution in [0.1, 0.15) is 23.4 Å². The van der Waals surface area contributed by atoms with Crippen molar-refractivity contribution in [3.8, 4) is 0 Å². The summed E-state index contributed by atoms with van der Waals surface area (Å²) < 4.78 is 44.3. The van der Waals surface area contributed by atoms with Gasteiger partial charge in [-0.25, -0.2) is 8.42 Å². The Morgan fingerprint density at radius 2 is 1.75 bits per heavy atom. The molecule has 12 heteroatoms. The van der Waals surface area contributed by atoms with Crippen LogP contribution in [0, 0.1) is 6.92 Å². The van der Waals surface area contributed by atoms with Crippen LogP contribution in [0.4, 0.5) is 5.69 Å². The minimum Gasteiger partial charge on any atom is -0.744 e. The molecule has 2 aromatic heterocycles. The van der Waals surface area contributed by atoms with Crippen molar-refractivity contribution >= 4 is 82.3 Å². The van der Waals surface area contributed by atoms with E-state index in [1.54, 1.807) is 46.6 Å². The van der Waals surface area contributed by atoms with Gasteiger partial charge in [0, 0.05) is 30.0 Å². The summed E-state index contributed by atoms with van der Waals surface area (Å²) in [6.45, 7) is 3.19. The van der Waals surface area contributed by atoms with Gasteiger partial charge >= 0.3 is 0 Å². The number of aryl methyl sites for hydroxylation is 2. The number of ether oxygens (including phenoxy) is 1. The first-order chi connectivity index (χ1) is 23.1. The Morgan fingerprint density at radius 1 is 1.00 bits per heavy atom. The van der Waals surface area contributed by atoms with Gasteiger partial charge in [-0.05, 0) is 49.4 Å². The Bertz CT molecular complexity index is 2460. The van der Waals surface area contributed by atoms with Gasteiger partial charge in [0.15, 0.2) is 0 Å². The van der Waals surface area contributed by atoms with Gasteiger partial charge in [0.25, 0.3) is 10.6 Å². The van der Waals surface area contributed by atoms with Gasteiger partial charge in [-0.15, -0.1) is 11.3 Å². The van der Waals surface area contributed by atoms with Crippen molar-refractivity contribution in [2.24, 2.45) is 7.05 Å². The van der Waals surface area contributed by atoms with Crippen molar-refractivity contribution in [1.82, 2.24) is 4.57 Å². The molecule has 2 aliphatic rings. The zero-order valence-corrected chi connectivity index (χ0v) is 29.8. The highest BCUT2D eigenvalue weighted by molar-refractivity contribution is 8.08. The SMILES string of the molecule is CN1C(=c2sc(=Cc3sc4ccccc4[n+]3C)n(CC3CCCO3)c2=O)Sc2ccc3ccccc3c21.Cc1ccc(S(=O)(=O)[O-])cc1. The fourth-order valence-corrected chi connectivity index (χ4v) is 10.1. The lowest BCUT2D eigenvalue weighted by molar-refractivity contribution is -0.642. The molecule has 4 aromatic carbocycles. The highest BCUT2D eigenvalue weighted by Crippen LogP contribution is 2.48. The van der Waals surface area contributed by atoms with E-state index in [9.17, 15) is 17.8 Å². The third-order valence-corrected chi connectivity index (χ3v) is 13.0. The number of benzene rings is 4. The minimum absolute atomic E-state index is 0.0713. The van der Waals surface area contributed by atoms with Crippen LogP contribution in [0.5, 0.6) is 0 Å². The number of fused-ring (bicyclic) bond motifs is 4. The number of thiazole rings is 2. The van der Waals surface area contributed by atoms with E-state index >= 15 is 0 Å². The topological polar surface area (TPSA) is 95.6 Å². The second-order valence-electron chi connectivity index (χ2n) is 11.8. The molecule has 1 saturated heterocycles. The molecule has 0 saturated carbocycles. The first kappa shape index (κ1) is 32.8. The van der Waals surface area contributed by atoms with Crippen LogP contribution < -0.4 is 24.2 Å². The Hall–Kier alpha value is -3.78. The molecule has 0 spiro atoms. The predicted octanol–water partition coefficient (Wildman–Crippen LogP) is 5.32. The second-order valence-corrected chi connectivity index (χ2v) is 16.3. The molecule has 0 radical (unpaired) electrons. The smallest absolute Gasteiger partial charge is 0.271 e. The van der Waals surface area contributed by atoms with Crippen LogP contribution in [0.3, 0.4) is 0 Å². The summed E-state index contributed by atoms with van der Waals surface area (Å²) in [6.07, 6.45) is 4.32. The highest BCUT2D eigenvalue weighted by atomic mass is 32.2. The number of anilines is 1. The van der Waals surface area contributed by atoms with E-state index < -0.39 is 10.1 Å². The first-order valence-electron chi connectivity index (χ1n) is 15.5. The van der Waals surface area contributed by atoms with Crippen LogP contribution in [0.25, 0.3) is 32.1 Å². The standard InChI is InChI=1S/C29H26N3O2S3.C7H8O3S/c1-30-21-11-5-6-12-22(21)35-24(30)16-25-32(17-19-9-7-15-34-19)28(33)27(37-25)29-31(2)26-20-10-4-3-8-18(20)13-14-23(26)36-29;1-6-2-4-7(5-3-6)11(8,9)10/h3-6,8,10-14,16,19H,7,9,15,17H2,1-2H3;2-5H,1H3,(H,8,9,10)/q+1;/p-1. The summed E-state index contributed by atoms with van der Waals surface area (Å²) in [6, 6.07) is 27.0. The van der Waals surface area contributed by atoms with Gasteiger partial charge in [-0.3, -0.25) is 9.36 Å². The molecular formula is C36H33N3O5S4. The van der Waals surface area contributed by atoms with E-state index in [1.165, 1.54) is 43.7 Å². The van der Waals surface area contributed by atoms with Gasteiger partial charge < -0.3 is 14.2 Å². The predicted molar refractivity (Wildman–Crippen MR) is 194 cm³/mol. The molecular weight excluding hydrogens is 683 g/mol. The highest BCUT2D eigenvalue weighted by Gasteiger charge is 2.28. The van der Waals surface area contributed by atoms with E-state index in [4.69, 9.17) is 4.74 Å². The number of nitrogens with zero attached hydrogens (tertiary/aromatic N) is 3. The van der Waals surface area contributed by atoms with Crippen LogP contribution in [-0.4, -0.2) is 37.3 Å². The summed E-state index contributed by atoms with van der Waals surface area (Å²) >= 11 is 5.04. The monoisotopic (exact) mass is 715 g/mol. The zero-order chi connectivity index (χ0) is 33.6. The molecule has 1 atom stereocenters. The van der Waals surface area contributed by atoms with Crippen molar-refractivity contribution in [1.29, 1.82) is 0 Å². The molecule has 4 heterocycles. The van der Waals surface area contributed by atoms with E-state index in [-0.39, 0.29) is 16.6 Å². The molecule has 6 aromatic rings. The Morgan fingerprint density at radius 3 is 2.48 bits per heavy atom. The normalized spacial score (nSPS) is 17.6. The third-order valence-electron chi connectivity index (χ3n) is 8.56. The lowest BCUT2D eigenvalue weighted by Crippen LogP contribution is -2.37. The van der Waals surface area contributed by atoms with Gasteiger partial charge in [0.2, 0.25) is 5.52 Å². The number of hydrogen-bond acceptors (Lipinski definition) is 9. The maximum atomic E-state index is 14.0. The first-order valence-corrected chi connectivity index (χ1v) is 19.3. The molecule has 0 aliphatic carbocycles. The van der Waals surface area contributed by atoms with E-state index in [0.717, 1.165) is 44.2 Å². The Balaban J connectivity index is 0.000000284. The molecule has 246 valence electrons. The Kier molecular flexibility index (Phi) is 9.05. The van der Waals surface area contributed by atoms with E-state index in [2.05, 4.69) is 90.3 Å². The maximum absolute atomic E-state index is 14.0. The average molecular weight is 716 g/mol. The molecule has 48 heavy (non-hydrogen) atoms. The van der Waals surface area contributed by atoms with Gasteiger partial charge in [0.05, 0.1) is 29.3 Å². The van der Waals surface area contributed by atoms with Crippen LogP contribution >= 0.6 is 34.4 Å². The van der Waals surface area contributed by atoms with Crippen LogP contribution in [0.15, 0.2) is 99.5 Å². The summed E-state index contributed by atoms with van der Waals surface area (Å²) in [5, 5.41) is 4.55. The molecule has 0 amide bonds. The zero-order valence-electron chi connectivity index (χ0n) is 26.6. The molecule has 1 fully saturated rings. The fraction of sp³-hybridized carbons (Fsp3) is 0.222. The van der Waals surface area contributed by atoms with Gasteiger partial charge in [-0.1, -0.05) is 83.3 Å². The maximum Gasteiger partial charge on any atom is 0.271 e. The average Bonchev–Trinajstić information content (AvgIpc) is 3.85. The summed E-state index contributed by atoms with van der Waals surface area (Å²) in [5.74, 6) is 0. The van der Waals surface area contributed by atoms with Gasteiger partial charge in [-0.2, -0.15) is 4.57 Å². The van der Waals surface area contributed by atoms with Crippen molar-refractivity contribution in [3.63, 3.8) is 0 Å². The number of hydrogen-bond donors (Lipinski definition) is 0. The second kappa shape index (κ2) is 13.3. The number of aromatic nitrogens is 2. The van der Waals surface area contributed by atoms with Gasteiger partial charge in [0.1, 0.15) is 36.1 Å². The summed E-state index contributed by atoms with van der Waals surface area (Å²) in [5.41, 5.74) is 3.38. The van der Waals surface area contributed by atoms with Crippen molar-refractivity contribution in [2.45, 2.75) is 42.2 Å². The van der Waals surface area contributed by atoms with Crippen molar-refractivity contribution in [2.75, 3.05) is 18.6 Å². The molecule has 8 rings (SSSR count). The molecule has 8 nitrogen and oxygen atoms in total. The molecule has 1 unspecified atom stereocenters. The Labute approximate surface area is 290 Å². The molecule has 2 aliphatic heterocycles. The lowest BCUT2D eigenvalue weighted by Gasteiger charge is -2.15. The minimum atomic E-state index is -4.27. The summed E-state index contributed by atoms with van der Waals surface area (Å²) in [7, 11) is -0.0906. The number of rotatable bonds is 4. The largest absolute Gasteiger partial charge is 0.744 e. The third kappa shape index (κ3) is 6.36. The molecule has 0 bridgehead atoms. The van der Waals surface area contributed by atoms with Crippen LogP contribution in [0.2, 0.25) is 0 Å². The summed E-state index contributed by atoms with van der Waals surface area (Å²) in [4.78, 5) is 17.2. The fourth-order valence-electron chi connectivity index (χ4n) is 6.03. The van der Waals surface area contributed by atoms with E-state index in [0.29, 0.717) is 6.54 Å². The quantitative estimate of drug-likeness (QED) is 0.180. The van der Waals surface area contributed by atoms with Crippen LogP contribution in [-0.2, 0) is 28.4 Å². The number of para-hydroxylation sites is 1.